The van der Waals surface area contributed by atoms with Gasteiger partial charge < -0.3 is 14.5 Å². The molecule has 1 N–H and O–H groups in total. The number of rotatable bonds is 6. The summed E-state index contributed by atoms with van der Waals surface area (Å²) in [5, 5.41) is 3.03. The number of amides is 1. The standard InChI is InChI=1S/C20H30N2O3/c1-6-22(10-8-9-11-22)16(5)19(23)21-18-15(4)12-14(3)13-17(18)20(24)25-7-2/h12-13,16H,6-11H2,1-5H3/p+1. The van der Waals surface area contributed by atoms with E-state index in [4.69, 9.17) is 4.74 Å². The summed E-state index contributed by atoms with van der Waals surface area (Å²) >= 11 is 0. The Morgan fingerprint density at radius 3 is 2.40 bits per heavy atom. The van der Waals surface area contributed by atoms with Crippen molar-refractivity contribution in [2.24, 2.45) is 0 Å². The van der Waals surface area contributed by atoms with Crippen molar-refractivity contribution in [3.63, 3.8) is 0 Å². The van der Waals surface area contributed by atoms with Crippen LogP contribution in [0.25, 0.3) is 0 Å². The lowest BCUT2D eigenvalue weighted by Gasteiger charge is -2.38. The molecule has 5 nitrogen and oxygen atoms in total. The Hall–Kier alpha value is -1.88. The highest BCUT2D eigenvalue weighted by Gasteiger charge is 2.40. The maximum absolute atomic E-state index is 13.0. The van der Waals surface area contributed by atoms with Gasteiger partial charge in [0.15, 0.2) is 6.04 Å². The molecule has 0 saturated carbocycles. The summed E-state index contributed by atoms with van der Waals surface area (Å²) in [6.07, 6.45) is 2.34. The van der Waals surface area contributed by atoms with Crippen LogP contribution in [0, 0.1) is 13.8 Å². The Bertz CT molecular complexity index is 649. The van der Waals surface area contributed by atoms with E-state index in [-0.39, 0.29) is 11.9 Å². The van der Waals surface area contributed by atoms with Crippen LogP contribution in [0.15, 0.2) is 12.1 Å². The zero-order valence-corrected chi connectivity index (χ0v) is 16.1. The SMILES string of the molecule is CCOC(=O)c1cc(C)cc(C)c1NC(=O)C(C)[N+]1(CC)CCCC1. The van der Waals surface area contributed by atoms with Crippen molar-refractivity contribution < 1.29 is 18.8 Å². The van der Waals surface area contributed by atoms with E-state index in [1.165, 1.54) is 12.8 Å². The van der Waals surface area contributed by atoms with E-state index in [1.807, 2.05) is 26.8 Å². The topological polar surface area (TPSA) is 55.4 Å². The van der Waals surface area contributed by atoms with Crippen LogP contribution in [0.5, 0.6) is 0 Å². The molecule has 0 aromatic heterocycles. The maximum atomic E-state index is 13.0. The number of likely N-dealkylation sites (N-methyl/N-ethyl adjacent to an activating group) is 1. The van der Waals surface area contributed by atoms with Crippen LogP contribution in [0.2, 0.25) is 0 Å². The molecule has 1 aromatic carbocycles. The number of carbonyl (C=O) groups excluding carboxylic acids is 2. The van der Waals surface area contributed by atoms with Gasteiger partial charge in [0, 0.05) is 12.8 Å². The van der Waals surface area contributed by atoms with Crippen molar-refractivity contribution in [2.75, 3.05) is 31.6 Å². The summed E-state index contributed by atoms with van der Waals surface area (Å²) in [6, 6.07) is 3.62. The van der Waals surface area contributed by atoms with Gasteiger partial charge in [0.1, 0.15) is 0 Å². The van der Waals surface area contributed by atoms with Gasteiger partial charge in [0.25, 0.3) is 5.91 Å². The van der Waals surface area contributed by atoms with E-state index >= 15 is 0 Å². The average Bonchev–Trinajstić information content (AvgIpc) is 3.06. The fourth-order valence-corrected chi connectivity index (χ4v) is 3.92. The van der Waals surface area contributed by atoms with Gasteiger partial charge in [-0.05, 0) is 51.8 Å². The van der Waals surface area contributed by atoms with Crippen molar-refractivity contribution in [1.29, 1.82) is 0 Å². The van der Waals surface area contributed by atoms with Gasteiger partial charge in [0.2, 0.25) is 0 Å². The summed E-state index contributed by atoms with van der Waals surface area (Å²) in [7, 11) is 0. The minimum Gasteiger partial charge on any atom is -0.462 e. The third-order valence-corrected chi connectivity index (χ3v) is 5.51. The molecule has 1 aromatic rings. The second-order valence-corrected chi connectivity index (χ2v) is 7.08. The van der Waals surface area contributed by atoms with Crippen molar-refractivity contribution in [2.45, 2.75) is 53.5 Å². The van der Waals surface area contributed by atoms with Crippen LogP contribution in [0.4, 0.5) is 5.69 Å². The van der Waals surface area contributed by atoms with Crippen LogP contribution >= 0.6 is 0 Å². The van der Waals surface area contributed by atoms with Gasteiger partial charge in [-0.1, -0.05) is 6.07 Å². The van der Waals surface area contributed by atoms with Crippen LogP contribution in [-0.2, 0) is 9.53 Å². The van der Waals surface area contributed by atoms with E-state index in [2.05, 4.69) is 12.2 Å². The lowest BCUT2D eigenvalue weighted by atomic mass is 10.0. The molecule has 1 saturated heterocycles. The monoisotopic (exact) mass is 347 g/mol. The van der Waals surface area contributed by atoms with Gasteiger partial charge in [0.05, 0.1) is 37.5 Å². The summed E-state index contributed by atoms with van der Waals surface area (Å²) < 4.78 is 5.99. The third-order valence-electron chi connectivity index (χ3n) is 5.51. The minimum atomic E-state index is -0.391. The normalized spacial score (nSPS) is 17.2. The molecule has 25 heavy (non-hydrogen) atoms. The number of quaternary nitrogens is 1. The van der Waals surface area contributed by atoms with E-state index in [0.717, 1.165) is 35.2 Å². The fraction of sp³-hybridized carbons (Fsp3) is 0.600. The summed E-state index contributed by atoms with van der Waals surface area (Å²) in [5.74, 6) is -0.418. The Morgan fingerprint density at radius 2 is 1.84 bits per heavy atom. The molecule has 1 heterocycles. The molecule has 5 heteroatoms. The predicted molar refractivity (Wildman–Crippen MR) is 99.7 cm³/mol. The number of aryl methyl sites for hydroxylation is 2. The number of nitrogens with one attached hydrogen (secondary N) is 1. The molecular formula is C20H31N2O3+. The molecule has 0 bridgehead atoms. The van der Waals surface area contributed by atoms with Crippen molar-refractivity contribution in [1.82, 2.24) is 0 Å². The maximum Gasteiger partial charge on any atom is 0.340 e. The number of hydrogen-bond donors (Lipinski definition) is 1. The molecule has 2 rings (SSSR count). The van der Waals surface area contributed by atoms with Crippen LogP contribution in [-0.4, -0.2) is 48.6 Å². The molecule has 0 spiro atoms. The zero-order chi connectivity index (χ0) is 18.6. The fourth-order valence-electron chi connectivity index (χ4n) is 3.92. The summed E-state index contributed by atoms with van der Waals surface area (Å²) in [4.78, 5) is 25.3. The first kappa shape index (κ1) is 19.4. The Kier molecular flexibility index (Phi) is 6.22. The number of ether oxygens (including phenoxy) is 1. The van der Waals surface area contributed by atoms with E-state index in [0.29, 0.717) is 17.9 Å². The summed E-state index contributed by atoms with van der Waals surface area (Å²) in [5.41, 5.74) is 2.87. The van der Waals surface area contributed by atoms with Crippen molar-refractivity contribution in [3.8, 4) is 0 Å². The van der Waals surface area contributed by atoms with Gasteiger partial charge in [-0.3, -0.25) is 4.79 Å². The Balaban J connectivity index is 2.29. The van der Waals surface area contributed by atoms with E-state index < -0.39 is 5.97 Å². The molecule has 1 amide bonds. The van der Waals surface area contributed by atoms with Crippen LogP contribution in [0.1, 0.15) is 55.1 Å². The van der Waals surface area contributed by atoms with Crippen LogP contribution < -0.4 is 5.32 Å². The largest absolute Gasteiger partial charge is 0.462 e. The first-order chi connectivity index (χ1) is 11.8. The lowest BCUT2D eigenvalue weighted by molar-refractivity contribution is -0.928. The highest BCUT2D eigenvalue weighted by molar-refractivity contribution is 6.03. The Labute approximate surface area is 150 Å². The second-order valence-electron chi connectivity index (χ2n) is 7.08. The van der Waals surface area contributed by atoms with Gasteiger partial charge >= 0.3 is 5.97 Å². The first-order valence-electron chi connectivity index (χ1n) is 9.29. The van der Waals surface area contributed by atoms with E-state index in [1.54, 1.807) is 13.0 Å². The molecule has 0 aliphatic carbocycles. The molecule has 1 fully saturated rings. The lowest BCUT2D eigenvalue weighted by Crippen LogP contribution is -2.56. The smallest absolute Gasteiger partial charge is 0.340 e. The van der Waals surface area contributed by atoms with E-state index in [9.17, 15) is 9.59 Å². The molecule has 1 aliphatic rings. The number of carbonyl (C=O) groups is 2. The average molecular weight is 347 g/mol. The second kappa shape index (κ2) is 8.00. The molecular weight excluding hydrogens is 316 g/mol. The number of likely N-dealkylation sites (tertiary alicyclic amines) is 1. The first-order valence-corrected chi connectivity index (χ1v) is 9.29. The summed E-state index contributed by atoms with van der Waals surface area (Å²) in [6.45, 7) is 13.1. The van der Waals surface area contributed by atoms with Gasteiger partial charge in [-0.15, -0.1) is 0 Å². The molecule has 1 unspecified atom stereocenters. The highest BCUT2D eigenvalue weighted by Crippen LogP contribution is 2.27. The number of anilines is 1. The number of nitrogens with zero attached hydrogens (tertiary/aromatic N) is 1. The van der Waals surface area contributed by atoms with Gasteiger partial charge in [-0.25, -0.2) is 4.79 Å². The van der Waals surface area contributed by atoms with Crippen molar-refractivity contribution in [3.05, 3.63) is 28.8 Å². The quantitative estimate of drug-likeness (QED) is 0.633. The van der Waals surface area contributed by atoms with Gasteiger partial charge in [-0.2, -0.15) is 0 Å². The molecule has 0 radical (unpaired) electrons. The number of hydrogen-bond acceptors (Lipinski definition) is 3. The van der Waals surface area contributed by atoms with Crippen LogP contribution in [0.3, 0.4) is 0 Å². The minimum absolute atomic E-state index is 0.0266. The number of esters is 1. The number of benzene rings is 1. The van der Waals surface area contributed by atoms with Crippen molar-refractivity contribution >= 4 is 17.6 Å². The molecule has 1 atom stereocenters. The zero-order valence-electron chi connectivity index (χ0n) is 16.1. The Morgan fingerprint density at radius 1 is 1.20 bits per heavy atom. The highest BCUT2D eigenvalue weighted by atomic mass is 16.5. The predicted octanol–water partition coefficient (Wildman–Crippen LogP) is 3.44. The third kappa shape index (κ3) is 4.03. The molecule has 1 aliphatic heterocycles. The molecule has 138 valence electrons.